The zero-order chi connectivity index (χ0) is 12.6. The summed E-state index contributed by atoms with van der Waals surface area (Å²) in [5, 5.41) is 0.623. The monoisotopic (exact) mass is 251 g/mol. The third-order valence-corrected chi connectivity index (χ3v) is 2.96. The number of amides is 2. The van der Waals surface area contributed by atoms with Crippen LogP contribution in [0.4, 0.5) is 4.79 Å². The van der Waals surface area contributed by atoms with Gasteiger partial charge in [0.2, 0.25) is 0 Å². The summed E-state index contributed by atoms with van der Waals surface area (Å²) in [6, 6.07) is 6.77. The average Bonchev–Trinajstić information content (AvgIpc) is 2.53. The van der Waals surface area contributed by atoms with Crippen LogP contribution in [0.5, 0.6) is 0 Å². The number of carbonyl (C=O) groups is 1. The summed E-state index contributed by atoms with van der Waals surface area (Å²) < 4.78 is 0. The molecule has 1 aliphatic heterocycles. The van der Waals surface area contributed by atoms with E-state index in [0.29, 0.717) is 10.9 Å². The maximum absolute atomic E-state index is 11.7. The third kappa shape index (κ3) is 2.13. The van der Waals surface area contributed by atoms with E-state index in [0.717, 1.165) is 5.56 Å². The van der Waals surface area contributed by atoms with Crippen molar-refractivity contribution in [3.8, 4) is 0 Å². The van der Waals surface area contributed by atoms with Gasteiger partial charge in [0.1, 0.15) is 11.9 Å². The number of aliphatic imine (C=N–C) groups is 1. The van der Waals surface area contributed by atoms with Crippen LogP contribution in [0.1, 0.15) is 25.5 Å². The highest BCUT2D eigenvalue weighted by atomic mass is 35.5. The first-order chi connectivity index (χ1) is 8.00. The van der Waals surface area contributed by atoms with Crippen LogP contribution in [0.15, 0.2) is 29.3 Å². The molecule has 0 radical (unpaired) electrons. The highest BCUT2D eigenvalue weighted by molar-refractivity contribution is 6.30. The van der Waals surface area contributed by atoms with Crippen LogP contribution in [0.25, 0.3) is 0 Å². The molecule has 0 spiro atoms. The number of amidine groups is 1. The average molecular weight is 252 g/mol. The summed E-state index contributed by atoms with van der Waals surface area (Å²) in [5.41, 5.74) is 6.71. The van der Waals surface area contributed by atoms with Gasteiger partial charge in [0.05, 0.1) is 0 Å². The van der Waals surface area contributed by atoms with E-state index in [1.807, 2.05) is 32.0 Å². The molecule has 0 fully saturated rings. The Bertz CT molecular complexity index is 484. The number of halogens is 1. The third-order valence-electron chi connectivity index (χ3n) is 2.72. The zero-order valence-electron chi connectivity index (χ0n) is 9.72. The van der Waals surface area contributed by atoms with Crippen molar-refractivity contribution < 1.29 is 4.79 Å². The summed E-state index contributed by atoms with van der Waals surface area (Å²) in [6.07, 6.45) is 0. The summed E-state index contributed by atoms with van der Waals surface area (Å²) in [4.78, 5) is 17.2. The van der Waals surface area contributed by atoms with Crippen molar-refractivity contribution in [2.45, 2.75) is 25.9 Å². The molecule has 0 saturated carbocycles. The zero-order valence-corrected chi connectivity index (χ0v) is 10.5. The molecule has 90 valence electrons. The fourth-order valence-electron chi connectivity index (χ4n) is 2.01. The number of carbonyl (C=O) groups excluding carboxylic acids is 1. The summed E-state index contributed by atoms with van der Waals surface area (Å²) in [6.45, 7) is 3.87. The maximum Gasteiger partial charge on any atom is 0.346 e. The molecular formula is C12H14ClN3O. The van der Waals surface area contributed by atoms with Gasteiger partial charge in [-0.25, -0.2) is 4.79 Å². The normalized spacial score (nSPS) is 20.0. The van der Waals surface area contributed by atoms with Crippen LogP contribution < -0.4 is 5.73 Å². The Morgan fingerprint density at radius 3 is 2.76 bits per heavy atom. The van der Waals surface area contributed by atoms with Gasteiger partial charge in [-0.15, -0.1) is 0 Å². The SMILES string of the molecule is CC(C)N1C(=O)N=C(N)C1c1cccc(Cl)c1. The molecule has 17 heavy (non-hydrogen) atoms. The van der Waals surface area contributed by atoms with E-state index in [4.69, 9.17) is 17.3 Å². The molecule has 5 heteroatoms. The van der Waals surface area contributed by atoms with Crippen molar-refractivity contribution in [1.29, 1.82) is 0 Å². The molecule has 1 heterocycles. The second-order valence-electron chi connectivity index (χ2n) is 4.28. The standard InChI is InChI=1S/C12H14ClN3O/c1-7(2)16-10(11(14)15-12(16)17)8-4-3-5-9(13)6-8/h3-7,10H,1-2H3,(H2,14,15,17). The number of nitrogens with zero attached hydrogens (tertiary/aromatic N) is 2. The van der Waals surface area contributed by atoms with Crippen molar-refractivity contribution in [1.82, 2.24) is 4.90 Å². The number of rotatable bonds is 2. The van der Waals surface area contributed by atoms with E-state index in [1.54, 1.807) is 11.0 Å². The molecular weight excluding hydrogens is 238 g/mol. The van der Waals surface area contributed by atoms with Crippen molar-refractivity contribution >= 4 is 23.5 Å². The largest absolute Gasteiger partial charge is 0.385 e. The molecule has 2 amide bonds. The number of nitrogens with two attached hydrogens (primary N) is 1. The quantitative estimate of drug-likeness (QED) is 0.878. The van der Waals surface area contributed by atoms with Crippen LogP contribution >= 0.6 is 11.6 Å². The molecule has 0 aromatic heterocycles. The highest BCUT2D eigenvalue weighted by Crippen LogP contribution is 2.30. The maximum atomic E-state index is 11.7. The molecule has 2 N–H and O–H groups in total. The molecule has 2 rings (SSSR count). The van der Waals surface area contributed by atoms with E-state index < -0.39 is 0 Å². The minimum absolute atomic E-state index is 0.0382. The Morgan fingerprint density at radius 2 is 2.18 bits per heavy atom. The lowest BCUT2D eigenvalue weighted by atomic mass is 10.0. The van der Waals surface area contributed by atoms with Crippen molar-refractivity contribution in [2.24, 2.45) is 10.7 Å². The molecule has 0 bridgehead atoms. The van der Waals surface area contributed by atoms with E-state index >= 15 is 0 Å². The van der Waals surface area contributed by atoms with Crippen molar-refractivity contribution in [2.75, 3.05) is 0 Å². The second-order valence-corrected chi connectivity index (χ2v) is 4.71. The minimum Gasteiger partial charge on any atom is -0.385 e. The van der Waals surface area contributed by atoms with Crippen LogP contribution in [0.2, 0.25) is 5.02 Å². The fourth-order valence-corrected chi connectivity index (χ4v) is 2.21. The van der Waals surface area contributed by atoms with Crippen LogP contribution in [0.3, 0.4) is 0 Å². The number of benzene rings is 1. The minimum atomic E-state index is -0.304. The van der Waals surface area contributed by atoms with Crippen molar-refractivity contribution in [3.63, 3.8) is 0 Å². The topological polar surface area (TPSA) is 58.7 Å². The lowest BCUT2D eigenvalue weighted by Crippen LogP contribution is -2.38. The Balaban J connectivity index is 2.42. The first-order valence-electron chi connectivity index (χ1n) is 5.42. The van der Waals surface area contributed by atoms with Gasteiger partial charge in [0, 0.05) is 11.1 Å². The van der Waals surface area contributed by atoms with Gasteiger partial charge in [-0.05, 0) is 31.5 Å². The van der Waals surface area contributed by atoms with Gasteiger partial charge in [-0.3, -0.25) is 0 Å². The Morgan fingerprint density at radius 1 is 1.47 bits per heavy atom. The first kappa shape index (κ1) is 11.9. The summed E-state index contributed by atoms with van der Waals surface area (Å²) in [5.74, 6) is 0.325. The van der Waals surface area contributed by atoms with Gasteiger partial charge >= 0.3 is 6.03 Å². The van der Waals surface area contributed by atoms with Gasteiger partial charge in [-0.2, -0.15) is 4.99 Å². The molecule has 1 aliphatic rings. The molecule has 1 unspecified atom stereocenters. The number of urea groups is 1. The highest BCUT2D eigenvalue weighted by Gasteiger charge is 2.36. The molecule has 1 atom stereocenters. The van der Waals surface area contributed by atoms with E-state index in [1.165, 1.54) is 0 Å². The molecule has 0 saturated heterocycles. The van der Waals surface area contributed by atoms with E-state index in [9.17, 15) is 4.79 Å². The Labute approximate surface area is 105 Å². The second kappa shape index (κ2) is 4.37. The number of hydrogen-bond donors (Lipinski definition) is 1. The van der Waals surface area contributed by atoms with Crippen molar-refractivity contribution in [3.05, 3.63) is 34.9 Å². The molecule has 1 aromatic carbocycles. The predicted octanol–water partition coefficient (Wildman–Crippen LogP) is 2.58. The Kier molecular flexibility index (Phi) is 3.07. The lowest BCUT2D eigenvalue weighted by molar-refractivity contribution is 0.190. The molecule has 1 aromatic rings. The molecule has 0 aliphatic carbocycles. The van der Waals surface area contributed by atoms with Gasteiger partial charge in [0.15, 0.2) is 0 Å². The Hall–Kier alpha value is -1.55. The van der Waals surface area contributed by atoms with Gasteiger partial charge < -0.3 is 10.6 Å². The van der Waals surface area contributed by atoms with Crippen LogP contribution in [-0.4, -0.2) is 22.8 Å². The summed E-state index contributed by atoms with van der Waals surface area (Å²) in [7, 11) is 0. The summed E-state index contributed by atoms with van der Waals surface area (Å²) >= 11 is 5.95. The molecule has 4 nitrogen and oxygen atoms in total. The van der Waals surface area contributed by atoms with E-state index in [2.05, 4.69) is 4.99 Å². The predicted molar refractivity (Wildman–Crippen MR) is 68.2 cm³/mol. The fraction of sp³-hybridized carbons (Fsp3) is 0.333. The van der Waals surface area contributed by atoms with Gasteiger partial charge in [0.25, 0.3) is 0 Å². The van der Waals surface area contributed by atoms with Crippen LogP contribution in [0, 0.1) is 0 Å². The van der Waals surface area contributed by atoms with Crippen LogP contribution in [-0.2, 0) is 0 Å². The smallest absolute Gasteiger partial charge is 0.346 e. The first-order valence-corrected chi connectivity index (χ1v) is 5.80. The lowest BCUT2D eigenvalue weighted by Gasteiger charge is -2.28. The number of hydrogen-bond acceptors (Lipinski definition) is 2. The van der Waals surface area contributed by atoms with E-state index in [-0.39, 0.29) is 18.1 Å². The van der Waals surface area contributed by atoms with Gasteiger partial charge in [-0.1, -0.05) is 23.7 Å².